The van der Waals surface area contributed by atoms with Crippen LogP contribution in [0.15, 0.2) is 50.6 Å². The zero-order valence-corrected chi connectivity index (χ0v) is 13.3. The molecule has 2 rings (SSSR count). The number of halogens is 1. The van der Waals surface area contributed by atoms with Gasteiger partial charge in [-0.25, -0.2) is 5.43 Å². The van der Waals surface area contributed by atoms with Gasteiger partial charge in [0.25, 0.3) is 5.91 Å². The van der Waals surface area contributed by atoms with Crippen molar-refractivity contribution in [2.24, 2.45) is 5.10 Å². The maximum atomic E-state index is 11.7. The summed E-state index contributed by atoms with van der Waals surface area (Å²) >= 11 is 3.41. The average molecular weight is 351 g/mol. The molecule has 0 fully saturated rings. The summed E-state index contributed by atoms with van der Waals surface area (Å²) in [7, 11) is 0. The number of amides is 1. The molecule has 21 heavy (non-hydrogen) atoms. The van der Waals surface area contributed by atoms with Gasteiger partial charge in [-0.15, -0.1) is 0 Å². The monoisotopic (exact) mass is 350 g/mol. The summed E-state index contributed by atoms with van der Waals surface area (Å²) in [5, 5.41) is 3.95. The molecule has 2 aromatic rings. The van der Waals surface area contributed by atoms with Gasteiger partial charge in [0.15, 0.2) is 6.61 Å². The minimum absolute atomic E-state index is 0.101. The Labute approximate surface area is 131 Å². The number of hydrogen-bond acceptors (Lipinski definition) is 4. The predicted molar refractivity (Wildman–Crippen MR) is 83.4 cm³/mol. The minimum Gasteiger partial charge on any atom is -0.484 e. The van der Waals surface area contributed by atoms with Crippen LogP contribution in [0.1, 0.15) is 18.2 Å². The first kappa shape index (κ1) is 15.3. The highest BCUT2D eigenvalue weighted by molar-refractivity contribution is 9.10. The van der Waals surface area contributed by atoms with Gasteiger partial charge in [0, 0.05) is 4.47 Å². The number of rotatable bonds is 5. The zero-order chi connectivity index (χ0) is 15.2. The fraction of sp³-hybridized carbons (Fsp3) is 0.200. The molecule has 0 aliphatic carbocycles. The van der Waals surface area contributed by atoms with Gasteiger partial charge in [-0.2, -0.15) is 5.10 Å². The average Bonchev–Trinajstić information content (AvgIpc) is 3.00. The van der Waals surface area contributed by atoms with Crippen LogP contribution in [0.3, 0.4) is 0 Å². The van der Waals surface area contributed by atoms with Gasteiger partial charge < -0.3 is 9.15 Å². The van der Waals surface area contributed by atoms with E-state index in [9.17, 15) is 4.79 Å². The second kappa shape index (κ2) is 7.08. The number of carbonyl (C=O) groups excluding carboxylic acids is 1. The van der Waals surface area contributed by atoms with Gasteiger partial charge in [0.2, 0.25) is 0 Å². The Morgan fingerprint density at radius 3 is 2.90 bits per heavy atom. The smallest absolute Gasteiger partial charge is 0.277 e. The van der Waals surface area contributed by atoms with E-state index in [-0.39, 0.29) is 12.5 Å². The Kier molecular flexibility index (Phi) is 5.16. The van der Waals surface area contributed by atoms with Gasteiger partial charge >= 0.3 is 0 Å². The molecule has 0 aliphatic rings. The Bertz CT molecular complexity index is 651. The highest BCUT2D eigenvalue weighted by Crippen LogP contribution is 2.21. The van der Waals surface area contributed by atoms with Crippen molar-refractivity contribution in [3.05, 3.63) is 52.4 Å². The van der Waals surface area contributed by atoms with Gasteiger partial charge in [-0.3, -0.25) is 4.79 Å². The number of nitrogens with one attached hydrogen (secondary N) is 1. The van der Waals surface area contributed by atoms with E-state index in [4.69, 9.17) is 9.15 Å². The molecule has 1 aromatic heterocycles. The van der Waals surface area contributed by atoms with E-state index >= 15 is 0 Å². The summed E-state index contributed by atoms with van der Waals surface area (Å²) in [6.45, 7) is 3.60. The standard InChI is InChI=1S/C15H15BrN2O3/c1-10-8-12(5-6-13(10)16)21-9-15(19)18-17-11(2)14-4-3-7-20-14/h3-8H,9H2,1-2H3,(H,18,19). The van der Waals surface area contributed by atoms with Gasteiger partial charge in [0.05, 0.1) is 6.26 Å². The molecule has 0 radical (unpaired) electrons. The fourth-order valence-electron chi connectivity index (χ4n) is 1.57. The van der Waals surface area contributed by atoms with Crippen molar-refractivity contribution in [3.8, 4) is 5.75 Å². The molecular formula is C15H15BrN2O3. The van der Waals surface area contributed by atoms with Crippen LogP contribution >= 0.6 is 15.9 Å². The van der Waals surface area contributed by atoms with Gasteiger partial charge in [-0.05, 0) is 49.7 Å². The topological polar surface area (TPSA) is 63.8 Å². The number of hydrazone groups is 1. The number of benzene rings is 1. The molecule has 1 N–H and O–H groups in total. The van der Waals surface area contributed by atoms with Crippen molar-refractivity contribution < 1.29 is 13.9 Å². The maximum absolute atomic E-state index is 11.7. The molecule has 0 saturated carbocycles. The van der Waals surface area contributed by atoms with Gasteiger partial charge in [-0.1, -0.05) is 15.9 Å². The molecular weight excluding hydrogens is 336 g/mol. The van der Waals surface area contributed by atoms with Crippen LogP contribution in [0.4, 0.5) is 0 Å². The lowest BCUT2D eigenvalue weighted by Crippen LogP contribution is -2.25. The fourth-order valence-corrected chi connectivity index (χ4v) is 1.82. The second-order valence-electron chi connectivity index (χ2n) is 4.41. The quantitative estimate of drug-likeness (QED) is 0.664. The lowest BCUT2D eigenvalue weighted by atomic mass is 10.2. The largest absolute Gasteiger partial charge is 0.484 e. The van der Waals surface area contributed by atoms with Crippen molar-refractivity contribution in [1.82, 2.24) is 5.43 Å². The van der Waals surface area contributed by atoms with Crippen molar-refractivity contribution in [3.63, 3.8) is 0 Å². The Hall–Kier alpha value is -2.08. The molecule has 0 aliphatic heterocycles. The third-order valence-corrected chi connectivity index (χ3v) is 3.62. The molecule has 110 valence electrons. The SMILES string of the molecule is CC(=NNC(=O)COc1ccc(Br)c(C)c1)c1ccco1. The second-order valence-corrected chi connectivity index (χ2v) is 5.26. The molecule has 0 atom stereocenters. The van der Waals surface area contributed by atoms with Crippen LogP contribution in [-0.4, -0.2) is 18.2 Å². The summed E-state index contributed by atoms with van der Waals surface area (Å²) in [5.74, 6) is 0.916. The summed E-state index contributed by atoms with van der Waals surface area (Å²) in [6, 6.07) is 9.06. The third-order valence-electron chi connectivity index (χ3n) is 2.73. The highest BCUT2D eigenvalue weighted by Gasteiger charge is 2.05. The number of ether oxygens (including phenoxy) is 1. The number of aryl methyl sites for hydroxylation is 1. The lowest BCUT2D eigenvalue weighted by molar-refractivity contribution is -0.123. The number of furan rings is 1. The lowest BCUT2D eigenvalue weighted by Gasteiger charge is -2.07. The van der Waals surface area contributed by atoms with E-state index in [1.165, 1.54) is 0 Å². The van der Waals surface area contributed by atoms with Crippen LogP contribution in [-0.2, 0) is 4.79 Å². The molecule has 5 nitrogen and oxygen atoms in total. The van der Waals surface area contributed by atoms with Crippen LogP contribution in [0, 0.1) is 6.92 Å². The predicted octanol–water partition coefficient (Wildman–Crippen LogP) is 3.27. The Balaban J connectivity index is 1.85. The molecule has 6 heteroatoms. The first-order valence-electron chi connectivity index (χ1n) is 6.32. The number of hydrogen-bond donors (Lipinski definition) is 1. The zero-order valence-electron chi connectivity index (χ0n) is 11.7. The molecule has 0 unspecified atom stereocenters. The molecule has 0 bridgehead atoms. The molecule has 0 saturated heterocycles. The van der Waals surface area contributed by atoms with Crippen molar-refractivity contribution in [2.75, 3.05) is 6.61 Å². The van der Waals surface area contributed by atoms with Crippen LogP contribution in [0.2, 0.25) is 0 Å². The van der Waals surface area contributed by atoms with Crippen LogP contribution in [0.25, 0.3) is 0 Å². The normalized spacial score (nSPS) is 11.3. The minimum atomic E-state index is -0.332. The first-order valence-corrected chi connectivity index (χ1v) is 7.11. The Morgan fingerprint density at radius 1 is 1.43 bits per heavy atom. The van der Waals surface area contributed by atoms with E-state index in [2.05, 4.69) is 26.5 Å². The highest BCUT2D eigenvalue weighted by atomic mass is 79.9. The molecule has 1 aromatic carbocycles. The third kappa shape index (κ3) is 4.46. The van der Waals surface area contributed by atoms with E-state index in [1.807, 2.05) is 19.1 Å². The Morgan fingerprint density at radius 2 is 2.24 bits per heavy atom. The van der Waals surface area contributed by atoms with E-state index in [0.29, 0.717) is 17.2 Å². The van der Waals surface area contributed by atoms with Crippen LogP contribution < -0.4 is 10.2 Å². The number of carbonyl (C=O) groups is 1. The molecule has 1 amide bonds. The summed E-state index contributed by atoms with van der Waals surface area (Å²) in [6.07, 6.45) is 1.55. The summed E-state index contributed by atoms with van der Waals surface area (Å²) in [5.41, 5.74) is 4.05. The van der Waals surface area contributed by atoms with Crippen molar-refractivity contribution in [1.29, 1.82) is 0 Å². The van der Waals surface area contributed by atoms with E-state index in [1.54, 1.807) is 31.4 Å². The van der Waals surface area contributed by atoms with Crippen molar-refractivity contribution >= 4 is 27.5 Å². The summed E-state index contributed by atoms with van der Waals surface area (Å²) < 4.78 is 11.6. The maximum Gasteiger partial charge on any atom is 0.277 e. The van der Waals surface area contributed by atoms with Gasteiger partial charge in [0.1, 0.15) is 17.2 Å². The van der Waals surface area contributed by atoms with E-state index < -0.39 is 0 Å². The molecule has 0 spiro atoms. The summed E-state index contributed by atoms with van der Waals surface area (Å²) in [4.78, 5) is 11.7. The van der Waals surface area contributed by atoms with Crippen molar-refractivity contribution in [2.45, 2.75) is 13.8 Å². The van der Waals surface area contributed by atoms with Crippen LogP contribution in [0.5, 0.6) is 5.75 Å². The van der Waals surface area contributed by atoms with E-state index in [0.717, 1.165) is 10.0 Å². The molecule has 1 heterocycles. The number of nitrogens with zero attached hydrogens (tertiary/aromatic N) is 1. The first-order chi connectivity index (χ1) is 10.1.